The number of carbonyl (C=O) groups is 2. The molecular weight excluding hydrogens is 536 g/mol. The van der Waals surface area contributed by atoms with Gasteiger partial charge in [-0.25, -0.2) is 4.79 Å². The summed E-state index contributed by atoms with van der Waals surface area (Å²) in [5.41, 5.74) is 8.53. The molecule has 0 fully saturated rings. The van der Waals surface area contributed by atoms with E-state index in [9.17, 15) is 9.59 Å². The minimum absolute atomic E-state index is 0.0925. The Labute approximate surface area is 245 Å². The molecule has 3 aromatic carbocycles. The average molecular weight is 573 g/mol. The standard InChI is InChI=1S/C32H36N4O6/c1-39-26-14-10-23(11-15-26)18-20-40-27-16-12-24(13-17-27)21-29-35-31(36-42-29)30(37)28(9-5-6-19-33)34-32(38)41-22-25-7-3-2-4-8-25/h2-4,7-8,10-17,28H,5-6,9,18-22,33H2,1H3,(H,34,38)/t28-/m0/s1. The van der Waals surface area contributed by atoms with Gasteiger partial charge < -0.3 is 29.8 Å². The Bertz CT molecular complexity index is 1390. The van der Waals surface area contributed by atoms with Gasteiger partial charge >= 0.3 is 6.09 Å². The number of methoxy groups -OCH3 is 1. The van der Waals surface area contributed by atoms with Crippen molar-refractivity contribution in [2.24, 2.45) is 5.73 Å². The van der Waals surface area contributed by atoms with Crippen molar-refractivity contribution in [3.63, 3.8) is 0 Å². The lowest BCUT2D eigenvalue weighted by Gasteiger charge is -2.16. The van der Waals surface area contributed by atoms with Crippen molar-refractivity contribution in [1.29, 1.82) is 0 Å². The molecule has 0 aliphatic carbocycles. The van der Waals surface area contributed by atoms with Crippen molar-refractivity contribution in [2.45, 2.75) is 44.8 Å². The van der Waals surface area contributed by atoms with Crippen LogP contribution in [0.2, 0.25) is 0 Å². The molecule has 1 amide bonds. The van der Waals surface area contributed by atoms with Crippen LogP contribution in [-0.2, 0) is 24.2 Å². The SMILES string of the molecule is COc1ccc(CCOc2ccc(Cc3nc(C(=O)[C@H](CCCCN)NC(=O)OCc4ccccc4)no3)cc2)cc1. The molecular formula is C32H36N4O6. The predicted octanol–water partition coefficient (Wildman–Crippen LogP) is 4.90. The van der Waals surface area contributed by atoms with Crippen LogP contribution in [0.15, 0.2) is 83.4 Å². The Hall–Kier alpha value is -4.70. The van der Waals surface area contributed by atoms with E-state index in [2.05, 4.69) is 15.5 Å². The number of benzene rings is 3. The second-order valence-electron chi connectivity index (χ2n) is 9.69. The van der Waals surface area contributed by atoms with E-state index in [4.69, 9.17) is 24.5 Å². The van der Waals surface area contributed by atoms with E-state index in [0.717, 1.165) is 34.6 Å². The van der Waals surface area contributed by atoms with Crippen molar-refractivity contribution in [3.05, 3.63) is 107 Å². The Balaban J connectivity index is 1.28. The van der Waals surface area contributed by atoms with Gasteiger partial charge in [0.2, 0.25) is 17.5 Å². The number of nitrogens with one attached hydrogen (secondary N) is 1. The Kier molecular flexibility index (Phi) is 11.5. The summed E-state index contributed by atoms with van der Waals surface area (Å²) in [5, 5.41) is 6.52. The summed E-state index contributed by atoms with van der Waals surface area (Å²) < 4.78 is 21.7. The number of aromatic nitrogens is 2. The normalized spacial score (nSPS) is 11.5. The second kappa shape index (κ2) is 15.9. The number of unbranched alkanes of at least 4 members (excludes halogenated alkanes) is 1. The first kappa shape index (κ1) is 30.3. The topological polar surface area (TPSA) is 139 Å². The highest BCUT2D eigenvalue weighted by atomic mass is 16.5. The van der Waals surface area contributed by atoms with E-state index >= 15 is 0 Å². The van der Waals surface area contributed by atoms with Gasteiger partial charge in [-0.05, 0) is 66.8 Å². The Morgan fingerprint density at radius 1 is 0.905 bits per heavy atom. The summed E-state index contributed by atoms with van der Waals surface area (Å²) in [6.07, 6.45) is 2.16. The lowest BCUT2D eigenvalue weighted by molar-refractivity contribution is 0.0896. The van der Waals surface area contributed by atoms with Crippen LogP contribution in [-0.4, -0.2) is 48.3 Å². The van der Waals surface area contributed by atoms with Gasteiger partial charge in [-0.15, -0.1) is 0 Å². The molecule has 4 rings (SSSR count). The molecule has 10 heteroatoms. The summed E-state index contributed by atoms with van der Waals surface area (Å²) in [7, 11) is 1.65. The fraction of sp³-hybridized carbons (Fsp3) is 0.312. The van der Waals surface area contributed by atoms with E-state index in [1.165, 1.54) is 0 Å². The van der Waals surface area contributed by atoms with Crippen LogP contribution in [0.4, 0.5) is 4.79 Å². The quantitative estimate of drug-likeness (QED) is 0.142. The lowest BCUT2D eigenvalue weighted by Crippen LogP contribution is -2.41. The number of carbonyl (C=O) groups excluding carboxylic acids is 2. The summed E-state index contributed by atoms with van der Waals surface area (Å²) in [6.45, 7) is 1.12. The zero-order valence-electron chi connectivity index (χ0n) is 23.7. The van der Waals surface area contributed by atoms with Gasteiger partial charge in [0.25, 0.3) is 0 Å². The Morgan fingerprint density at radius 3 is 2.33 bits per heavy atom. The van der Waals surface area contributed by atoms with Crippen molar-refractivity contribution in [2.75, 3.05) is 20.3 Å². The first-order valence-electron chi connectivity index (χ1n) is 13.9. The molecule has 10 nitrogen and oxygen atoms in total. The van der Waals surface area contributed by atoms with Crippen LogP contribution >= 0.6 is 0 Å². The third kappa shape index (κ3) is 9.45. The van der Waals surface area contributed by atoms with E-state index in [1.54, 1.807) is 7.11 Å². The molecule has 0 spiro atoms. The van der Waals surface area contributed by atoms with Gasteiger partial charge in [0.1, 0.15) is 18.1 Å². The number of hydrogen-bond acceptors (Lipinski definition) is 9. The maximum absolute atomic E-state index is 13.2. The monoisotopic (exact) mass is 572 g/mol. The molecule has 0 aliphatic rings. The third-order valence-electron chi connectivity index (χ3n) is 6.55. The summed E-state index contributed by atoms with van der Waals surface area (Å²) in [4.78, 5) is 29.9. The van der Waals surface area contributed by atoms with Crippen LogP contribution in [0.25, 0.3) is 0 Å². The molecule has 0 aliphatic heterocycles. The fourth-order valence-corrected chi connectivity index (χ4v) is 4.21. The minimum atomic E-state index is -0.861. The van der Waals surface area contributed by atoms with Crippen molar-refractivity contribution in [1.82, 2.24) is 15.5 Å². The zero-order valence-corrected chi connectivity index (χ0v) is 23.7. The highest BCUT2D eigenvalue weighted by molar-refractivity contribution is 5.98. The van der Waals surface area contributed by atoms with E-state index in [-0.39, 0.29) is 12.4 Å². The smallest absolute Gasteiger partial charge is 0.408 e. The van der Waals surface area contributed by atoms with Gasteiger partial charge in [0, 0.05) is 6.42 Å². The molecule has 0 saturated heterocycles. The summed E-state index contributed by atoms with van der Waals surface area (Å²) in [5.74, 6) is 1.33. The van der Waals surface area contributed by atoms with Gasteiger partial charge in [-0.3, -0.25) is 4.79 Å². The number of alkyl carbamates (subject to hydrolysis) is 1. The Morgan fingerprint density at radius 2 is 1.62 bits per heavy atom. The van der Waals surface area contributed by atoms with Gasteiger partial charge in [-0.1, -0.05) is 59.8 Å². The van der Waals surface area contributed by atoms with E-state index in [0.29, 0.717) is 44.7 Å². The maximum atomic E-state index is 13.2. The van der Waals surface area contributed by atoms with Crippen LogP contribution in [0.5, 0.6) is 11.5 Å². The molecule has 0 saturated carbocycles. The van der Waals surface area contributed by atoms with E-state index in [1.807, 2.05) is 78.9 Å². The number of nitrogens with two attached hydrogens (primary N) is 1. The molecule has 3 N–H and O–H groups in total. The third-order valence-corrected chi connectivity index (χ3v) is 6.55. The number of nitrogens with zero attached hydrogens (tertiary/aromatic N) is 2. The van der Waals surface area contributed by atoms with Crippen molar-refractivity contribution < 1.29 is 28.3 Å². The van der Waals surface area contributed by atoms with Crippen LogP contribution < -0.4 is 20.5 Å². The molecule has 0 radical (unpaired) electrons. The number of rotatable bonds is 16. The van der Waals surface area contributed by atoms with Gasteiger partial charge in [0.15, 0.2) is 0 Å². The van der Waals surface area contributed by atoms with E-state index < -0.39 is 17.9 Å². The molecule has 1 heterocycles. The molecule has 42 heavy (non-hydrogen) atoms. The van der Waals surface area contributed by atoms with Crippen LogP contribution in [0, 0.1) is 0 Å². The molecule has 220 valence electrons. The molecule has 0 bridgehead atoms. The van der Waals surface area contributed by atoms with Gasteiger partial charge in [-0.2, -0.15) is 4.98 Å². The predicted molar refractivity (Wildman–Crippen MR) is 157 cm³/mol. The average Bonchev–Trinajstić information content (AvgIpc) is 3.49. The largest absolute Gasteiger partial charge is 0.497 e. The first-order valence-corrected chi connectivity index (χ1v) is 13.9. The summed E-state index contributed by atoms with van der Waals surface area (Å²) >= 11 is 0. The zero-order chi connectivity index (χ0) is 29.6. The number of hydrogen-bond donors (Lipinski definition) is 2. The summed E-state index contributed by atoms with van der Waals surface area (Å²) in [6, 6.07) is 23.9. The lowest BCUT2D eigenvalue weighted by atomic mass is 10.0. The molecule has 0 unspecified atom stereocenters. The highest BCUT2D eigenvalue weighted by Crippen LogP contribution is 2.17. The molecule has 1 aromatic heterocycles. The number of amides is 1. The van der Waals surface area contributed by atoms with Crippen LogP contribution in [0.1, 0.15) is 52.5 Å². The second-order valence-corrected chi connectivity index (χ2v) is 9.69. The van der Waals surface area contributed by atoms with Crippen molar-refractivity contribution >= 4 is 11.9 Å². The number of ether oxygens (including phenoxy) is 3. The molecule has 1 atom stereocenters. The van der Waals surface area contributed by atoms with Gasteiger partial charge in [0.05, 0.1) is 26.2 Å². The number of Topliss-reactive ketones (excluding diaryl/α,β-unsaturated/α-hetero) is 1. The maximum Gasteiger partial charge on any atom is 0.408 e. The van der Waals surface area contributed by atoms with Crippen molar-refractivity contribution in [3.8, 4) is 11.5 Å². The minimum Gasteiger partial charge on any atom is -0.497 e. The number of ketones is 1. The van der Waals surface area contributed by atoms with Crippen LogP contribution in [0.3, 0.4) is 0 Å². The first-order chi connectivity index (χ1) is 20.5. The fourth-order valence-electron chi connectivity index (χ4n) is 4.21. The molecule has 4 aromatic rings. The highest BCUT2D eigenvalue weighted by Gasteiger charge is 2.27.